The second-order valence-electron chi connectivity index (χ2n) is 4.31. The van der Waals surface area contributed by atoms with Crippen molar-refractivity contribution in [2.45, 2.75) is 6.61 Å². The number of hydrogen-bond acceptors (Lipinski definition) is 5. The highest BCUT2D eigenvalue weighted by Gasteiger charge is 2.16. The zero-order valence-electron chi connectivity index (χ0n) is 11.2. The van der Waals surface area contributed by atoms with Crippen molar-refractivity contribution >= 4 is 23.3 Å². The van der Waals surface area contributed by atoms with E-state index in [9.17, 15) is 14.9 Å². The Kier molecular flexibility index (Phi) is 4.71. The second-order valence-corrected chi connectivity index (χ2v) is 4.72. The molecule has 0 aromatic heterocycles. The Morgan fingerprint density at radius 3 is 2.73 bits per heavy atom. The van der Waals surface area contributed by atoms with Crippen molar-refractivity contribution in [3.05, 3.63) is 74.3 Å². The Morgan fingerprint density at radius 1 is 1.32 bits per heavy atom. The molecule has 0 aliphatic rings. The van der Waals surface area contributed by atoms with Crippen molar-refractivity contribution in [1.29, 1.82) is 5.26 Å². The molecule has 2 rings (SSSR count). The average Bonchev–Trinajstić information content (AvgIpc) is 2.52. The summed E-state index contributed by atoms with van der Waals surface area (Å²) in [4.78, 5) is 21.9. The Morgan fingerprint density at radius 2 is 2.09 bits per heavy atom. The molecule has 0 fully saturated rings. The lowest BCUT2D eigenvalue weighted by Gasteiger charge is -2.06. The minimum atomic E-state index is -0.692. The van der Waals surface area contributed by atoms with E-state index in [4.69, 9.17) is 21.6 Å². The van der Waals surface area contributed by atoms with Gasteiger partial charge >= 0.3 is 5.97 Å². The molecule has 0 radical (unpaired) electrons. The summed E-state index contributed by atoms with van der Waals surface area (Å²) < 4.78 is 5.09. The van der Waals surface area contributed by atoms with E-state index < -0.39 is 10.9 Å². The molecule has 0 unspecified atom stereocenters. The number of carbonyl (C=O) groups excluding carboxylic acids is 1. The number of benzene rings is 2. The molecule has 0 aliphatic carbocycles. The lowest BCUT2D eigenvalue weighted by molar-refractivity contribution is -0.384. The first-order valence-electron chi connectivity index (χ1n) is 6.11. The van der Waals surface area contributed by atoms with E-state index in [1.165, 1.54) is 12.1 Å². The number of nitrogens with zero attached hydrogens (tertiary/aromatic N) is 2. The van der Waals surface area contributed by atoms with Gasteiger partial charge in [0, 0.05) is 12.1 Å². The number of esters is 1. The van der Waals surface area contributed by atoms with E-state index in [-0.39, 0.29) is 22.9 Å². The minimum absolute atomic E-state index is 0.0261. The summed E-state index contributed by atoms with van der Waals surface area (Å²) >= 11 is 5.85. The van der Waals surface area contributed by atoms with Crippen molar-refractivity contribution in [3.63, 3.8) is 0 Å². The number of ether oxygens (including phenoxy) is 1. The van der Waals surface area contributed by atoms with Crippen LogP contribution in [0, 0.1) is 21.4 Å². The molecule has 0 atom stereocenters. The molecule has 2 aromatic carbocycles. The predicted molar refractivity (Wildman–Crippen MR) is 78.4 cm³/mol. The summed E-state index contributed by atoms with van der Waals surface area (Å²) in [7, 11) is 0. The normalized spacial score (nSPS) is 9.82. The fourth-order valence-corrected chi connectivity index (χ4v) is 1.99. The van der Waals surface area contributed by atoms with Gasteiger partial charge in [-0.15, -0.1) is 0 Å². The lowest BCUT2D eigenvalue weighted by Crippen LogP contribution is -2.06. The van der Waals surface area contributed by atoms with Crippen molar-refractivity contribution in [2.75, 3.05) is 0 Å². The van der Waals surface area contributed by atoms with Crippen LogP contribution in [0.5, 0.6) is 0 Å². The van der Waals surface area contributed by atoms with Crippen LogP contribution in [-0.2, 0) is 11.3 Å². The molecule has 0 bridgehead atoms. The van der Waals surface area contributed by atoms with Crippen LogP contribution in [0.3, 0.4) is 0 Å². The third-order valence-electron chi connectivity index (χ3n) is 2.81. The van der Waals surface area contributed by atoms with Gasteiger partial charge in [0.25, 0.3) is 5.69 Å². The number of carbonyl (C=O) groups is 1. The number of nitro benzene ring substituents is 1. The van der Waals surface area contributed by atoms with Gasteiger partial charge in [0.2, 0.25) is 0 Å². The van der Waals surface area contributed by atoms with Crippen LogP contribution in [0.1, 0.15) is 21.5 Å². The molecular weight excluding hydrogens is 308 g/mol. The van der Waals surface area contributed by atoms with Crippen LogP contribution in [-0.4, -0.2) is 10.9 Å². The molecule has 7 heteroatoms. The fraction of sp³-hybridized carbons (Fsp3) is 0.0667. The van der Waals surface area contributed by atoms with E-state index in [2.05, 4.69) is 0 Å². The Balaban J connectivity index is 2.09. The highest BCUT2D eigenvalue weighted by atomic mass is 35.5. The first-order valence-corrected chi connectivity index (χ1v) is 6.49. The number of nitriles is 1. The van der Waals surface area contributed by atoms with Gasteiger partial charge in [-0.05, 0) is 23.8 Å². The van der Waals surface area contributed by atoms with Crippen LogP contribution in [0.25, 0.3) is 0 Å². The van der Waals surface area contributed by atoms with E-state index in [0.717, 1.165) is 6.07 Å². The molecule has 110 valence electrons. The van der Waals surface area contributed by atoms with Crippen LogP contribution in [0.15, 0.2) is 42.5 Å². The van der Waals surface area contributed by atoms with Crippen molar-refractivity contribution in [3.8, 4) is 6.07 Å². The maximum atomic E-state index is 11.9. The van der Waals surface area contributed by atoms with E-state index in [1.54, 1.807) is 24.3 Å². The van der Waals surface area contributed by atoms with Crippen LogP contribution in [0.2, 0.25) is 5.02 Å². The third kappa shape index (κ3) is 3.59. The van der Waals surface area contributed by atoms with Crippen molar-refractivity contribution in [2.24, 2.45) is 0 Å². The minimum Gasteiger partial charge on any atom is -0.457 e. The molecule has 0 heterocycles. The predicted octanol–water partition coefficient (Wildman–Crippen LogP) is 3.48. The molecule has 6 nitrogen and oxygen atoms in total. The van der Waals surface area contributed by atoms with E-state index in [1.807, 2.05) is 6.07 Å². The lowest BCUT2D eigenvalue weighted by atomic mass is 10.1. The summed E-state index contributed by atoms with van der Waals surface area (Å²) in [6.07, 6.45) is 0. The van der Waals surface area contributed by atoms with Gasteiger partial charge in [-0.25, -0.2) is 4.79 Å². The van der Waals surface area contributed by atoms with Gasteiger partial charge < -0.3 is 4.74 Å². The van der Waals surface area contributed by atoms with Crippen molar-refractivity contribution in [1.82, 2.24) is 0 Å². The van der Waals surface area contributed by atoms with E-state index >= 15 is 0 Å². The fourth-order valence-electron chi connectivity index (χ4n) is 1.74. The number of hydrogen-bond donors (Lipinski definition) is 0. The van der Waals surface area contributed by atoms with Crippen LogP contribution < -0.4 is 0 Å². The molecule has 0 amide bonds. The summed E-state index contributed by atoms with van der Waals surface area (Å²) in [6, 6.07) is 12.1. The number of halogens is 1. The monoisotopic (exact) mass is 316 g/mol. The number of rotatable bonds is 4. The summed E-state index contributed by atoms with van der Waals surface area (Å²) in [5.74, 6) is -0.692. The van der Waals surface area contributed by atoms with E-state index in [0.29, 0.717) is 11.1 Å². The van der Waals surface area contributed by atoms with Gasteiger partial charge in [0.05, 0.1) is 27.1 Å². The average molecular weight is 317 g/mol. The third-order valence-corrected chi connectivity index (χ3v) is 3.12. The molecule has 0 spiro atoms. The Bertz CT molecular complexity index is 783. The second kappa shape index (κ2) is 6.70. The Hall–Kier alpha value is -2.91. The summed E-state index contributed by atoms with van der Waals surface area (Å²) in [5.41, 5.74) is 0.958. The molecule has 2 aromatic rings. The van der Waals surface area contributed by atoms with Crippen molar-refractivity contribution < 1.29 is 14.5 Å². The largest absolute Gasteiger partial charge is 0.457 e. The zero-order valence-corrected chi connectivity index (χ0v) is 11.9. The molecule has 0 N–H and O–H groups in total. The van der Waals surface area contributed by atoms with Gasteiger partial charge in [-0.3, -0.25) is 10.1 Å². The highest BCUT2D eigenvalue weighted by molar-refractivity contribution is 6.33. The van der Waals surface area contributed by atoms with Gasteiger partial charge in [0.15, 0.2) is 0 Å². The zero-order chi connectivity index (χ0) is 16.1. The number of nitro groups is 1. The Labute approximate surface area is 130 Å². The van der Waals surface area contributed by atoms with Crippen LogP contribution >= 0.6 is 11.6 Å². The standard InChI is InChI=1S/C15H9ClN2O4/c16-14-7-12(18(20)21)4-5-13(14)15(19)22-9-11-3-1-2-10(6-11)8-17/h1-7H,9H2. The molecular formula is C15H9ClN2O4. The quantitative estimate of drug-likeness (QED) is 0.489. The molecule has 0 saturated carbocycles. The smallest absolute Gasteiger partial charge is 0.339 e. The first kappa shape index (κ1) is 15.5. The summed E-state index contributed by atoms with van der Waals surface area (Å²) in [5, 5.41) is 19.4. The first-order chi connectivity index (χ1) is 10.5. The van der Waals surface area contributed by atoms with Gasteiger partial charge in [-0.1, -0.05) is 23.7 Å². The summed E-state index contributed by atoms with van der Waals surface area (Å²) in [6.45, 7) is -0.0261. The SMILES string of the molecule is N#Cc1cccc(COC(=O)c2ccc([N+](=O)[O-])cc2Cl)c1. The van der Waals surface area contributed by atoms with Crippen LogP contribution in [0.4, 0.5) is 5.69 Å². The maximum absolute atomic E-state index is 11.9. The molecule has 0 aliphatic heterocycles. The topological polar surface area (TPSA) is 93.2 Å². The molecule has 0 saturated heterocycles. The highest BCUT2D eigenvalue weighted by Crippen LogP contribution is 2.23. The molecule has 22 heavy (non-hydrogen) atoms. The number of non-ortho nitro benzene ring substituents is 1. The van der Waals surface area contributed by atoms with Gasteiger partial charge in [-0.2, -0.15) is 5.26 Å². The van der Waals surface area contributed by atoms with Gasteiger partial charge in [0.1, 0.15) is 6.61 Å². The maximum Gasteiger partial charge on any atom is 0.339 e.